The number of halogens is 5. The van der Waals surface area contributed by atoms with E-state index in [2.05, 4.69) is 15.9 Å². The fourth-order valence-electron chi connectivity index (χ4n) is 1.07. The van der Waals surface area contributed by atoms with Gasteiger partial charge in [-0.3, -0.25) is 4.79 Å². The van der Waals surface area contributed by atoms with E-state index in [-0.39, 0.29) is 5.56 Å². The monoisotopic (exact) mass is 345 g/mol. The zero-order valence-electron chi connectivity index (χ0n) is 8.76. The van der Waals surface area contributed by atoms with Crippen molar-refractivity contribution in [3.8, 4) is 0 Å². The molecule has 0 aliphatic heterocycles. The molecule has 1 rings (SSSR count). The van der Waals surface area contributed by atoms with Crippen LogP contribution in [0.2, 0.25) is 5.02 Å². The number of carbonyl (C=O) groups excluding carboxylic acids is 1. The fraction of sp³-hybridized carbons (Fsp3) is 0.300. The molecule has 1 aromatic rings. The Morgan fingerprint density at radius 1 is 1.50 bits per heavy atom. The highest BCUT2D eigenvalue weighted by molar-refractivity contribution is 9.10. The predicted octanol–water partition coefficient (Wildman–Crippen LogP) is 2.76. The van der Waals surface area contributed by atoms with Crippen LogP contribution in [0.5, 0.6) is 0 Å². The Hall–Kier alpha value is -0.790. The largest absolute Gasteiger partial charge is 0.416 e. The van der Waals surface area contributed by atoms with Crippen LogP contribution >= 0.6 is 27.5 Å². The maximum absolute atomic E-state index is 12.0. The second kappa shape index (κ2) is 5.90. The van der Waals surface area contributed by atoms with Gasteiger partial charge in [-0.1, -0.05) is 11.6 Å². The van der Waals surface area contributed by atoms with Gasteiger partial charge in [0.25, 0.3) is 5.91 Å². The van der Waals surface area contributed by atoms with Gasteiger partial charge < -0.3 is 10.4 Å². The molecule has 0 saturated carbocycles. The highest BCUT2D eigenvalue weighted by atomic mass is 79.9. The van der Waals surface area contributed by atoms with E-state index in [1.165, 1.54) is 18.2 Å². The summed E-state index contributed by atoms with van der Waals surface area (Å²) in [5, 5.41) is 11.1. The molecule has 1 unspecified atom stereocenters. The Morgan fingerprint density at radius 2 is 2.11 bits per heavy atom. The van der Waals surface area contributed by atoms with Crippen molar-refractivity contribution >= 4 is 33.4 Å². The van der Waals surface area contributed by atoms with E-state index in [9.17, 15) is 18.0 Å². The van der Waals surface area contributed by atoms with Crippen molar-refractivity contribution in [3.63, 3.8) is 0 Å². The molecule has 18 heavy (non-hydrogen) atoms. The van der Waals surface area contributed by atoms with Crippen LogP contribution in [0.15, 0.2) is 22.7 Å². The van der Waals surface area contributed by atoms with Crippen molar-refractivity contribution in [2.75, 3.05) is 6.54 Å². The first kappa shape index (κ1) is 15.3. The van der Waals surface area contributed by atoms with E-state index in [0.29, 0.717) is 9.50 Å². The highest BCUT2D eigenvalue weighted by Crippen LogP contribution is 2.22. The van der Waals surface area contributed by atoms with Crippen molar-refractivity contribution in [2.45, 2.75) is 12.3 Å². The number of alkyl halides is 3. The summed E-state index contributed by atoms with van der Waals surface area (Å²) in [6, 6.07) is 4.24. The standard InChI is InChI=1S/C10H8BrClF3NO2/c11-7-3-5(12)1-2-6(7)9(18)16-4-8(17)10(13,14)15/h1-3,8,17H,4H2,(H,16,18). The van der Waals surface area contributed by atoms with Gasteiger partial charge >= 0.3 is 6.18 Å². The maximum atomic E-state index is 12.0. The van der Waals surface area contributed by atoms with E-state index < -0.39 is 24.7 Å². The number of carbonyl (C=O) groups is 1. The molecule has 3 nitrogen and oxygen atoms in total. The minimum Gasteiger partial charge on any atom is -0.382 e. The van der Waals surface area contributed by atoms with Gasteiger partial charge in [0, 0.05) is 9.50 Å². The molecule has 0 heterocycles. The number of rotatable bonds is 3. The van der Waals surface area contributed by atoms with E-state index in [1.807, 2.05) is 5.32 Å². The fourth-order valence-corrected chi connectivity index (χ4v) is 1.94. The summed E-state index contributed by atoms with van der Waals surface area (Å²) >= 11 is 8.72. The van der Waals surface area contributed by atoms with Gasteiger partial charge in [0.1, 0.15) is 0 Å². The molecular formula is C10H8BrClF3NO2. The molecule has 2 N–H and O–H groups in total. The van der Waals surface area contributed by atoms with Crippen LogP contribution in [-0.2, 0) is 0 Å². The first-order valence-electron chi connectivity index (χ1n) is 4.70. The Labute approximate surface area is 114 Å². The lowest BCUT2D eigenvalue weighted by Crippen LogP contribution is -2.40. The van der Waals surface area contributed by atoms with Crippen LogP contribution in [-0.4, -0.2) is 29.8 Å². The molecule has 100 valence electrons. The van der Waals surface area contributed by atoms with Crippen LogP contribution in [0.1, 0.15) is 10.4 Å². The third-order valence-electron chi connectivity index (χ3n) is 2.01. The van der Waals surface area contributed by atoms with Gasteiger partial charge in [-0.2, -0.15) is 13.2 Å². The van der Waals surface area contributed by atoms with E-state index >= 15 is 0 Å². The summed E-state index contributed by atoms with van der Waals surface area (Å²) in [7, 11) is 0. The van der Waals surface area contributed by atoms with Gasteiger partial charge in [0.15, 0.2) is 6.10 Å². The Bertz CT molecular complexity index is 453. The van der Waals surface area contributed by atoms with Gasteiger partial charge in [0.2, 0.25) is 0 Å². The minimum atomic E-state index is -4.76. The summed E-state index contributed by atoms with van der Waals surface area (Å²) in [6.45, 7) is -0.905. The zero-order valence-corrected chi connectivity index (χ0v) is 11.1. The lowest BCUT2D eigenvalue weighted by Gasteiger charge is -2.15. The summed E-state index contributed by atoms with van der Waals surface area (Å²) in [5.41, 5.74) is 0.133. The van der Waals surface area contributed by atoms with Crippen molar-refractivity contribution < 1.29 is 23.1 Å². The SMILES string of the molecule is O=C(NCC(O)C(F)(F)F)c1ccc(Cl)cc1Br. The highest BCUT2D eigenvalue weighted by Gasteiger charge is 2.38. The van der Waals surface area contributed by atoms with Crippen molar-refractivity contribution in [3.05, 3.63) is 33.3 Å². The smallest absolute Gasteiger partial charge is 0.382 e. The number of hydrogen-bond donors (Lipinski definition) is 2. The summed E-state index contributed by atoms with van der Waals surface area (Å²) in [4.78, 5) is 11.5. The molecule has 0 spiro atoms. The number of benzene rings is 1. The first-order chi connectivity index (χ1) is 8.21. The predicted molar refractivity (Wildman–Crippen MR) is 63.5 cm³/mol. The minimum absolute atomic E-state index is 0.133. The zero-order chi connectivity index (χ0) is 13.9. The lowest BCUT2D eigenvalue weighted by molar-refractivity contribution is -0.201. The van der Waals surface area contributed by atoms with Crippen molar-refractivity contribution in [1.82, 2.24) is 5.32 Å². The van der Waals surface area contributed by atoms with E-state index in [1.54, 1.807) is 0 Å². The third kappa shape index (κ3) is 4.15. The van der Waals surface area contributed by atoms with Gasteiger partial charge in [-0.15, -0.1) is 0 Å². The number of aliphatic hydroxyl groups excluding tert-OH is 1. The number of hydrogen-bond acceptors (Lipinski definition) is 2. The molecule has 1 atom stereocenters. The molecule has 0 aromatic heterocycles. The molecule has 0 bridgehead atoms. The van der Waals surface area contributed by atoms with Crippen LogP contribution in [0.3, 0.4) is 0 Å². The van der Waals surface area contributed by atoms with Crippen LogP contribution in [0.25, 0.3) is 0 Å². The van der Waals surface area contributed by atoms with Crippen LogP contribution in [0, 0.1) is 0 Å². The van der Waals surface area contributed by atoms with Gasteiger partial charge in [0.05, 0.1) is 12.1 Å². The molecule has 0 radical (unpaired) electrons. The first-order valence-corrected chi connectivity index (χ1v) is 5.87. The Morgan fingerprint density at radius 3 is 2.61 bits per heavy atom. The van der Waals surface area contributed by atoms with Crippen molar-refractivity contribution in [1.29, 1.82) is 0 Å². The third-order valence-corrected chi connectivity index (χ3v) is 2.90. The van der Waals surface area contributed by atoms with Crippen molar-refractivity contribution in [2.24, 2.45) is 0 Å². The maximum Gasteiger partial charge on any atom is 0.416 e. The molecule has 1 aromatic carbocycles. The van der Waals surface area contributed by atoms with Crippen LogP contribution in [0.4, 0.5) is 13.2 Å². The topological polar surface area (TPSA) is 49.3 Å². The Balaban J connectivity index is 2.66. The molecule has 1 amide bonds. The van der Waals surface area contributed by atoms with Gasteiger partial charge in [-0.05, 0) is 34.1 Å². The lowest BCUT2D eigenvalue weighted by atomic mass is 10.2. The average molecular weight is 347 g/mol. The Kier molecular flexibility index (Phi) is 5.01. The second-order valence-electron chi connectivity index (χ2n) is 3.39. The molecule has 0 saturated heterocycles. The molecule has 0 fully saturated rings. The average Bonchev–Trinajstić information content (AvgIpc) is 2.24. The van der Waals surface area contributed by atoms with E-state index in [0.717, 1.165) is 0 Å². The number of amides is 1. The summed E-state index contributed by atoms with van der Waals surface area (Å²) in [5.74, 6) is -0.734. The summed E-state index contributed by atoms with van der Waals surface area (Å²) < 4.78 is 36.4. The van der Waals surface area contributed by atoms with E-state index in [4.69, 9.17) is 16.7 Å². The molecule has 0 aliphatic carbocycles. The molecular weight excluding hydrogens is 338 g/mol. The normalized spacial score (nSPS) is 13.2. The van der Waals surface area contributed by atoms with Gasteiger partial charge in [-0.25, -0.2) is 0 Å². The molecule has 8 heteroatoms. The quantitative estimate of drug-likeness (QED) is 0.884. The van der Waals surface area contributed by atoms with Crippen LogP contribution < -0.4 is 5.32 Å². The number of nitrogens with one attached hydrogen (secondary N) is 1. The second-order valence-corrected chi connectivity index (χ2v) is 4.68. The summed E-state index contributed by atoms with van der Waals surface area (Å²) in [6.07, 6.45) is -7.35. The molecule has 0 aliphatic rings. The number of aliphatic hydroxyl groups is 1.